The summed E-state index contributed by atoms with van der Waals surface area (Å²) in [4.78, 5) is 12.1. The van der Waals surface area contributed by atoms with Crippen LogP contribution in [0.2, 0.25) is 0 Å². The van der Waals surface area contributed by atoms with E-state index in [4.69, 9.17) is 0 Å². The molecule has 2 rings (SSSR count). The number of nitrogens with one attached hydrogen (secondary N) is 1. The highest BCUT2D eigenvalue weighted by molar-refractivity contribution is 7.15. The predicted molar refractivity (Wildman–Crippen MR) is 79.5 cm³/mol. The first-order valence-corrected chi connectivity index (χ1v) is 7.58. The second-order valence-corrected chi connectivity index (χ2v) is 5.53. The molecule has 0 atom stereocenters. The molecular formula is C14H15F2N3O2S. The Bertz CT molecular complexity index is 634. The largest absolute Gasteiger partial charge is 0.435 e. The lowest BCUT2D eigenvalue weighted by Crippen LogP contribution is -2.12. The van der Waals surface area contributed by atoms with Crippen LogP contribution in [0.3, 0.4) is 0 Å². The molecule has 0 saturated heterocycles. The van der Waals surface area contributed by atoms with Crippen LogP contribution in [0.1, 0.15) is 35.1 Å². The molecule has 0 spiro atoms. The van der Waals surface area contributed by atoms with Crippen LogP contribution in [0.5, 0.6) is 5.75 Å². The fraction of sp³-hybridized carbons (Fsp3) is 0.357. The number of halogens is 2. The Morgan fingerprint density at radius 2 is 2.23 bits per heavy atom. The molecule has 1 aromatic heterocycles. The molecule has 118 valence electrons. The van der Waals surface area contributed by atoms with E-state index in [9.17, 15) is 13.6 Å². The second kappa shape index (κ2) is 7.79. The zero-order chi connectivity index (χ0) is 15.9. The van der Waals surface area contributed by atoms with Crippen LogP contribution in [-0.2, 0) is 6.42 Å². The number of hydrogen-bond acceptors (Lipinski definition) is 5. The van der Waals surface area contributed by atoms with Crippen molar-refractivity contribution in [3.8, 4) is 5.75 Å². The minimum atomic E-state index is -2.93. The number of unbranched alkanes of at least 4 members (excludes halogenated alkanes) is 1. The van der Waals surface area contributed by atoms with E-state index in [1.165, 1.54) is 35.6 Å². The number of amides is 1. The Hall–Kier alpha value is -2.09. The highest BCUT2D eigenvalue weighted by Gasteiger charge is 2.12. The first-order valence-electron chi connectivity index (χ1n) is 6.77. The number of anilines is 1. The predicted octanol–water partition coefficient (Wildman–Crippen LogP) is 3.73. The van der Waals surface area contributed by atoms with Gasteiger partial charge in [-0.3, -0.25) is 10.1 Å². The monoisotopic (exact) mass is 327 g/mol. The Balaban J connectivity index is 2.01. The van der Waals surface area contributed by atoms with E-state index in [-0.39, 0.29) is 11.3 Å². The number of rotatable bonds is 7. The van der Waals surface area contributed by atoms with Crippen LogP contribution >= 0.6 is 11.3 Å². The van der Waals surface area contributed by atoms with Crippen molar-refractivity contribution in [2.24, 2.45) is 0 Å². The molecule has 0 bridgehead atoms. The number of carbonyl (C=O) groups is 1. The van der Waals surface area contributed by atoms with Gasteiger partial charge in [-0.2, -0.15) is 8.78 Å². The van der Waals surface area contributed by atoms with E-state index < -0.39 is 12.5 Å². The van der Waals surface area contributed by atoms with Crippen LogP contribution in [0.4, 0.5) is 13.9 Å². The molecule has 0 aliphatic carbocycles. The molecule has 0 unspecified atom stereocenters. The molecular weight excluding hydrogens is 312 g/mol. The molecule has 0 fully saturated rings. The number of carbonyl (C=O) groups excluding carboxylic acids is 1. The fourth-order valence-electron chi connectivity index (χ4n) is 1.72. The minimum absolute atomic E-state index is 0.0662. The molecule has 2 aromatic rings. The number of ether oxygens (including phenoxy) is 1. The summed E-state index contributed by atoms with van der Waals surface area (Å²) in [5.41, 5.74) is 0.212. The third-order valence-electron chi connectivity index (χ3n) is 2.75. The normalized spacial score (nSPS) is 10.7. The molecule has 0 saturated carbocycles. The quantitative estimate of drug-likeness (QED) is 0.841. The third-order valence-corrected chi connectivity index (χ3v) is 3.65. The van der Waals surface area contributed by atoms with Gasteiger partial charge in [0, 0.05) is 12.0 Å². The summed E-state index contributed by atoms with van der Waals surface area (Å²) >= 11 is 1.31. The second-order valence-electron chi connectivity index (χ2n) is 4.46. The average molecular weight is 327 g/mol. The third kappa shape index (κ3) is 4.73. The van der Waals surface area contributed by atoms with Crippen molar-refractivity contribution >= 4 is 22.4 Å². The topological polar surface area (TPSA) is 64.1 Å². The highest BCUT2D eigenvalue weighted by atomic mass is 32.1. The maximum absolute atomic E-state index is 12.2. The summed E-state index contributed by atoms with van der Waals surface area (Å²) in [5, 5.41) is 11.7. The number of alkyl halides is 2. The van der Waals surface area contributed by atoms with Crippen molar-refractivity contribution in [2.45, 2.75) is 32.8 Å². The SMILES string of the molecule is CCCCc1nnc(NC(=O)c2cccc(OC(F)F)c2)s1. The van der Waals surface area contributed by atoms with Crippen molar-refractivity contribution in [1.29, 1.82) is 0 Å². The molecule has 1 N–H and O–H groups in total. The zero-order valence-electron chi connectivity index (χ0n) is 11.9. The molecule has 0 aliphatic rings. The Morgan fingerprint density at radius 3 is 2.95 bits per heavy atom. The summed E-state index contributed by atoms with van der Waals surface area (Å²) in [6, 6.07) is 5.59. The lowest BCUT2D eigenvalue weighted by molar-refractivity contribution is -0.0498. The number of benzene rings is 1. The van der Waals surface area contributed by atoms with Crippen molar-refractivity contribution in [2.75, 3.05) is 5.32 Å². The Kier molecular flexibility index (Phi) is 5.76. The summed E-state index contributed by atoms with van der Waals surface area (Å²) in [6.07, 6.45) is 2.88. The van der Waals surface area contributed by atoms with Gasteiger partial charge in [0.1, 0.15) is 10.8 Å². The van der Waals surface area contributed by atoms with Crippen LogP contribution in [-0.4, -0.2) is 22.7 Å². The first-order chi connectivity index (χ1) is 10.6. The van der Waals surface area contributed by atoms with E-state index >= 15 is 0 Å². The van der Waals surface area contributed by atoms with Crippen molar-refractivity contribution in [3.05, 3.63) is 34.8 Å². The van der Waals surface area contributed by atoms with E-state index in [1.54, 1.807) is 0 Å². The molecule has 0 aliphatic heterocycles. The van der Waals surface area contributed by atoms with E-state index in [1.807, 2.05) is 0 Å². The van der Waals surface area contributed by atoms with Gasteiger partial charge in [-0.05, 0) is 24.6 Å². The van der Waals surface area contributed by atoms with Gasteiger partial charge in [0.2, 0.25) is 5.13 Å². The smallest absolute Gasteiger partial charge is 0.387 e. The van der Waals surface area contributed by atoms with Gasteiger partial charge in [0.25, 0.3) is 5.91 Å². The van der Waals surface area contributed by atoms with Crippen LogP contribution < -0.4 is 10.1 Å². The van der Waals surface area contributed by atoms with Crippen LogP contribution in [0.25, 0.3) is 0 Å². The van der Waals surface area contributed by atoms with E-state index in [0.717, 1.165) is 24.3 Å². The van der Waals surface area contributed by atoms with Gasteiger partial charge in [0.15, 0.2) is 0 Å². The molecule has 1 heterocycles. The number of aryl methyl sites for hydroxylation is 1. The van der Waals surface area contributed by atoms with Crippen molar-refractivity contribution in [1.82, 2.24) is 10.2 Å². The summed E-state index contributed by atoms with van der Waals surface area (Å²) in [7, 11) is 0. The van der Waals surface area contributed by atoms with Gasteiger partial charge in [-0.1, -0.05) is 30.7 Å². The van der Waals surface area contributed by atoms with Gasteiger partial charge in [-0.25, -0.2) is 0 Å². The molecule has 1 amide bonds. The lowest BCUT2D eigenvalue weighted by Gasteiger charge is -2.06. The summed E-state index contributed by atoms with van der Waals surface area (Å²) < 4.78 is 28.6. The molecule has 8 heteroatoms. The van der Waals surface area contributed by atoms with Crippen molar-refractivity contribution < 1.29 is 18.3 Å². The van der Waals surface area contributed by atoms with Crippen LogP contribution in [0.15, 0.2) is 24.3 Å². The standard InChI is InChI=1S/C14H15F2N3O2S/c1-2-3-7-11-18-19-14(22-11)17-12(20)9-5-4-6-10(8-9)21-13(15)16/h4-6,8,13H,2-3,7H2,1H3,(H,17,19,20). The lowest BCUT2D eigenvalue weighted by atomic mass is 10.2. The summed E-state index contributed by atoms with van der Waals surface area (Å²) in [6.45, 7) is -0.847. The number of nitrogens with zero attached hydrogens (tertiary/aromatic N) is 2. The maximum Gasteiger partial charge on any atom is 0.387 e. The van der Waals surface area contributed by atoms with Crippen molar-refractivity contribution in [3.63, 3.8) is 0 Å². The molecule has 1 aromatic carbocycles. The molecule has 5 nitrogen and oxygen atoms in total. The number of hydrogen-bond donors (Lipinski definition) is 1. The fourth-order valence-corrected chi connectivity index (χ4v) is 2.49. The Labute approximate surface area is 130 Å². The number of aromatic nitrogens is 2. The van der Waals surface area contributed by atoms with E-state index in [0.29, 0.717) is 5.13 Å². The highest BCUT2D eigenvalue weighted by Crippen LogP contribution is 2.20. The van der Waals surface area contributed by atoms with Gasteiger partial charge >= 0.3 is 6.61 Å². The summed E-state index contributed by atoms with van der Waals surface area (Å²) in [5.74, 6) is -0.513. The van der Waals surface area contributed by atoms with Gasteiger partial charge < -0.3 is 4.74 Å². The van der Waals surface area contributed by atoms with Gasteiger partial charge in [-0.15, -0.1) is 10.2 Å². The van der Waals surface area contributed by atoms with Crippen LogP contribution in [0, 0.1) is 0 Å². The van der Waals surface area contributed by atoms with Gasteiger partial charge in [0.05, 0.1) is 0 Å². The Morgan fingerprint density at radius 1 is 1.41 bits per heavy atom. The zero-order valence-corrected chi connectivity index (χ0v) is 12.7. The molecule has 0 radical (unpaired) electrons. The first kappa shape index (κ1) is 16.3. The van der Waals surface area contributed by atoms with E-state index in [2.05, 4.69) is 27.2 Å². The average Bonchev–Trinajstić information content (AvgIpc) is 2.92. The minimum Gasteiger partial charge on any atom is -0.435 e. The maximum atomic E-state index is 12.2. The molecule has 22 heavy (non-hydrogen) atoms.